The number of esters is 2. The molecule has 2 spiro atoms. The van der Waals surface area contributed by atoms with Crippen LogP contribution in [-0.4, -0.2) is 98.4 Å². The maximum atomic E-state index is 14.4. The second kappa shape index (κ2) is 10.0. The molecule has 6 aliphatic heterocycles. The molecule has 2 N–H and O–H groups in total. The Morgan fingerprint density at radius 3 is 1.32 bits per heavy atom. The van der Waals surface area contributed by atoms with Gasteiger partial charge in [-0.2, -0.15) is 0 Å². The fourth-order valence-electron chi connectivity index (χ4n) is 6.40. The average molecular weight is 537 g/mol. The first-order valence-electron chi connectivity index (χ1n) is 13.2. The summed E-state index contributed by atoms with van der Waals surface area (Å²) in [5.41, 5.74) is 0.119. The molecular formula is C26H34F2N4O6. The molecule has 10 nitrogen and oxygen atoms in total. The molecule has 38 heavy (non-hydrogen) atoms. The summed E-state index contributed by atoms with van der Waals surface area (Å²) in [6.07, 6.45) is -0.263. The van der Waals surface area contributed by atoms with Crippen LogP contribution in [0.5, 0.6) is 0 Å². The highest BCUT2D eigenvalue weighted by Gasteiger charge is 2.57. The van der Waals surface area contributed by atoms with Crippen molar-refractivity contribution >= 4 is 23.8 Å². The van der Waals surface area contributed by atoms with Crippen LogP contribution in [0.2, 0.25) is 0 Å². The van der Waals surface area contributed by atoms with E-state index in [2.05, 4.69) is 10.6 Å². The number of nitrogens with zero attached hydrogens (tertiary/aromatic N) is 2. The Labute approximate surface area is 219 Å². The van der Waals surface area contributed by atoms with Gasteiger partial charge in [0.15, 0.2) is 0 Å². The van der Waals surface area contributed by atoms with Gasteiger partial charge in [-0.3, -0.25) is 9.59 Å². The van der Waals surface area contributed by atoms with E-state index in [9.17, 15) is 28.0 Å². The second-order valence-electron chi connectivity index (χ2n) is 10.9. The molecule has 6 rings (SSSR count). The lowest BCUT2D eigenvalue weighted by Gasteiger charge is -2.33. The van der Waals surface area contributed by atoms with Crippen molar-refractivity contribution < 1.29 is 37.4 Å². The molecule has 2 atom stereocenters. The maximum absolute atomic E-state index is 14.4. The summed E-state index contributed by atoms with van der Waals surface area (Å²) in [4.78, 5) is 50.8. The van der Waals surface area contributed by atoms with Gasteiger partial charge in [0.1, 0.15) is 25.6 Å². The Morgan fingerprint density at radius 2 is 1.03 bits per heavy atom. The van der Waals surface area contributed by atoms with Gasteiger partial charge in [0, 0.05) is 0 Å². The number of rotatable bonds is 2. The van der Waals surface area contributed by atoms with Crippen LogP contribution in [0.4, 0.5) is 8.78 Å². The third-order valence-corrected chi connectivity index (χ3v) is 9.03. The van der Waals surface area contributed by atoms with E-state index in [-0.39, 0.29) is 38.1 Å². The van der Waals surface area contributed by atoms with Crippen LogP contribution in [0.3, 0.4) is 0 Å². The topological polar surface area (TPSA) is 117 Å². The van der Waals surface area contributed by atoms with E-state index in [1.165, 1.54) is 9.80 Å². The molecule has 6 heterocycles. The highest BCUT2D eigenvalue weighted by Crippen LogP contribution is 2.45. The molecule has 0 bridgehead atoms. The Kier molecular flexibility index (Phi) is 7.06. The second-order valence-corrected chi connectivity index (χ2v) is 10.9. The minimum atomic E-state index is -1.17. The van der Waals surface area contributed by atoms with Crippen LogP contribution >= 0.6 is 0 Å². The lowest BCUT2D eigenvalue weighted by atomic mass is 9.76. The number of carbonyl (C=O) groups excluding carboxylic acids is 4. The smallest absolute Gasteiger partial charge is 0.336 e. The number of carbonyl (C=O) groups is 4. The number of nitrogens with one attached hydrogen (secondary N) is 2. The van der Waals surface area contributed by atoms with Crippen molar-refractivity contribution in [1.29, 1.82) is 0 Å². The molecular weight excluding hydrogens is 502 g/mol. The number of halogens is 2. The van der Waals surface area contributed by atoms with E-state index >= 15 is 0 Å². The third kappa shape index (κ3) is 4.12. The van der Waals surface area contributed by atoms with Gasteiger partial charge < -0.3 is 29.9 Å². The summed E-state index contributed by atoms with van der Waals surface area (Å²) < 4.78 is 38.6. The lowest BCUT2D eigenvalue weighted by molar-refractivity contribution is -0.138. The minimum Gasteiger partial charge on any atom is -0.456 e. The van der Waals surface area contributed by atoms with Crippen LogP contribution in [0.1, 0.15) is 39.5 Å². The fraction of sp³-hybridized carbons (Fsp3) is 0.692. The van der Waals surface area contributed by atoms with Crippen molar-refractivity contribution in [1.82, 2.24) is 20.4 Å². The zero-order valence-corrected chi connectivity index (χ0v) is 21.7. The Hall–Kier alpha value is -2.86. The first kappa shape index (κ1) is 26.7. The molecule has 4 saturated heterocycles. The summed E-state index contributed by atoms with van der Waals surface area (Å²) in [5, 5.41) is 6.30. The van der Waals surface area contributed by atoms with Gasteiger partial charge in [0.05, 0.1) is 46.5 Å². The number of ether oxygens (including phenoxy) is 2. The number of likely N-dealkylation sites (tertiary alicyclic amines) is 2. The molecule has 0 aromatic rings. The first-order chi connectivity index (χ1) is 18.1. The standard InChI is InChI=1S/2C13H17FN2O3/c2*1-8-9(7-19-11(8)17)16-6-10(14)13(12(16)18)2-4-15-5-3-13/h2*10,15H,2-7H2,1H3/t2*10-/m10/s1. The summed E-state index contributed by atoms with van der Waals surface area (Å²) in [7, 11) is 0. The summed E-state index contributed by atoms with van der Waals surface area (Å²) in [6.45, 7) is 6.14. The SMILES string of the molecule is CC1=C(N2C[C@@H](F)C3(CCNCC3)C2=O)COC1=O.CC1=C(N2C[C@H](F)C3(CCNCC3)C2=O)COC1=O. The van der Waals surface area contributed by atoms with Crippen molar-refractivity contribution in [2.24, 2.45) is 10.8 Å². The highest BCUT2D eigenvalue weighted by molar-refractivity contribution is 5.95. The molecule has 0 unspecified atom stereocenters. The molecule has 0 saturated carbocycles. The summed E-state index contributed by atoms with van der Waals surface area (Å²) in [6, 6.07) is 0. The molecule has 0 radical (unpaired) electrons. The number of piperidine rings is 2. The predicted molar refractivity (Wildman–Crippen MR) is 130 cm³/mol. The summed E-state index contributed by atoms with van der Waals surface area (Å²) >= 11 is 0. The van der Waals surface area contributed by atoms with Crippen LogP contribution in [0.25, 0.3) is 0 Å². The number of hydrogen-bond donors (Lipinski definition) is 2. The molecule has 6 aliphatic rings. The van der Waals surface area contributed by atoms with Crippen LogP contribution in [0.15, 0.2) is 22.5 Å². The van der Waals surface area contributed by atoms with Gasteiger partial charge in [-0.1, -0.05) is 0 Å². The number of alkyl halides is 2. The minimum absolute atomic E-state index is 0.0438. The van der Waals surface area contributed by atoms with Gasteiger partial charge in [-0.25, -0.2) is 18.4 Å². The van der Waals surface area contributed by atoms with Crippen molar-refractivity contribution in [3.63, 3.8) is 0 Å². The van der Waals surface area contributed by atoms with Gasteiger partial charge in [0.25, 0.3) is 0 Å². The molecule has 0 aliphatic carbocycles. The van der Waals surface area contributed by atoms with Gasteiger partial charge in [-0.15, -0.1) is 0 Å². The average Bonchev–Trinajstić information content (AvgIpc) is 3.58. The van der Waals surface area contributed by atoms with E-state index in [4.69, 9.17) is 9.47 Å². The Bertz CT molecular complexity index is 1020. The van der Waals surface area contributed by atoms with Crippen molar-refractivity contribution in [3.05, 3.63) is 22.5 Å². The van der Waals surface area contributed by atoms with E-state index in [1.807, 2.05) is 0 Å². The largest absolute Gasteiger partial charge is 0.456 e. The maximum Gasteiger partial charge on any atom is 0.336 e. The van der Waals surface area contributed by atoms with Crippen LogP contribution < -0.4 is 10.6 Å². The molecule has 2 amide bonds. The van der Waals surface area contributed by atoms with E-state index in [0.29, 0.717) is 74.4 Å². The number of amides is 2. The van der Waals surface area contributed by atoms with E-state index in [0.717, 1.165) is 0 Å². The fourth-order valence-corrected chi connectivity index (χ4v) is 6.40. The Balaban J connectivity index is 0.000000155. The molecule has 4 fully saturated rings. The normalized spacial score (nSPS) is 30.4. The van der Waals surface area contributed by atoms with E-state index < -0.39 is 35.1 Å². The zero-order valence-electron chi connectivity index (χ0n) is 21.7. The van der Waals surface area contributed by atoms with Crippen LogP contribution in [0, 0.1) is 10.8 Å². The highest BCUT2D eigenvalue weighted by atomic mass is 19.1. The predicted octanol–water partition coefficient (Wildman–Crippen LogP) is 0.735. The Morgan fingerprint density at radius 1 is 0.684 bits per heavy atom. The first-order valence-corrected chi connectivity index (χ1v) is 13.2. The monoisotopic (exact) mass is 536 g/mol. The lowest BCUT2D eigenvalue weighted by Crippen LogP contribution is -2.46. The molecule has 208 valence electrons. The van der Waals surface area contributed by atoms with Gasteiger partial charge in [0.2, 0.25) is 11.8 Å². The number of cyclic esters (lactones) is 2. The van der Waals surface area contributed by atoms with E-state index in [1.54, 1.807) is 13.8 Å². The quantitative estimate of drug-likeness (QED) is 0.497. The van der Waals surface area contributed by atoms with Crippen molar-refractivity contribution in [3.8, 4) is 0 Å². The van der Waals surface area contributed by atoms with Gasteiger partial charge in [-0.05, 0) is 65.7 Å². The van der Waals surface area contributed by atoms with Crippen molar-refractivity contribution in [2.45, 2.75) is 51.9 Å². The third-order valence-electron chi connectivity index (χ3n) is 9.03. The summed E-state index contributed by atoms with van der Waals surface area (Å²) in [5.74, 6) is -1.20. The van der Waals surface area contributed by atoms with Crippen LogP contribution in [-0.2, 0) is 28.7 Å². The van der Waals surface area contributed by atoms with Gasteiger partial charge >= 0.3 is 11.9 Å². The number of hydrogen-bond acceptors (Lipinski definition) is 8. The van der Waals surface area contributed by atoms with Crippen molar-refractivity contribution in [2.75, 3.05) is 52.5 Å². The molecule has 0 aromatic heterocycles. The molecule has 0 aromatic carbocycles. The zero-order chi connectivity index (χ0) is 27.2. The molecule has 12 heteroatoms.